The SMILES string of the molecule is COc1ccc(-c2cc(C(C)(C)C)nc3sc(C(=O)Oc4ccccc4)c(N)c23)cc1. The number of carbonyl (C=O) groups excluding carboxylic acids is 1. The average Bonchev–Trinajstić information content (AvgIpc) is 3.10. The Morgan fingerprint density at radius 2 is 1.68 bits per heavy atom. The lowest BCUT2D eigenvalue weighted by atomic mass is 9.89. The Morgan fingerprint density at radius 1 is 1.00 bits per heavy atom. The Balaban J connectivity index is 1.88. The third-order valence-corrected chi connectivity index (χ3v) is 6.09. The van der Waals surface area contributed by atoms with E-state index in [1.165, 1.54) is 11.3 Å². The number of fused-ring (bicyclic) bond motifs is 1. The van der Waals surface area contributed by atoms with Crippen LogP contribution in [0, 0.1) is 0 Å². The first-order valence-electron chi connectivity index (χ1n) is 9.93. The topological polar surface area (TPSA) is 74.4 Å². The molecule has 4 aromatic rings. The largest absolute Gasteiger partial charge is 0.497 e. The molecule has 0 aliphatic heterocycles. The highest BCUT2D eigenvalue weighted by molar-refractivity contribution is 7.21. The molecule has 0 fully saturated rings. The van der Waals surface area contributed by atoms with Gasteiger partial charge in [0.1, 0.15) is 21.2 Å². The number of esters is 1. The van der Waals surface area contributed by atoms with Crippen LogP contribution in [0.4, 0.5) is 5.69 Å². The number of hydrogen-bond acceptors (Lipinski definition) is 6. The van der Waals surface area contributed by atoms with Crippen LogP contribution in [0.3, 0.4) is 0 Å². The molecule has 0 atom stereocenters. The number of nitrogens with zero attached hydrogens (tertiary/aromatic N) is 1. The van der Waals surface area contributed by atoms with E-state index >= 15 is 0 Å². The van der Waals surface area contributed by atoms with Gasteiger partial charge < -0.3 is 15.2 Å². The van der Waals surface area contributed by atoms with Crippen molar-refractivity contribution >= 4 is 33.2 Å². The Bertz CT molecular complexity index is 1240. The van der Waals surface area contributed by atoms with Crippen LogP contribution in [-0.2, 0) is 5.41 Å². The number of aromatic nitrogens is 1. The summed E-state index contributed by atoms with van der Waals surface area (Å²) in [7, 11) is 1.64. The van der Waals surface area contributed by atoms with Crippen LogP contribution in [0.5, 0.6) is 11.5 Å². The lowest BCUT2D eigenvalue weighted by Crippen LogP contribution is -2.13. The van der Waals surface area contributed by atoms with Gasteiger partial charge >= 0.3 is 5.97 Å². The number of benzene rings is 2. The predicted molar refractivity (Wildman–Crippen MR) is 126 cm³/mol. The molecule has 158 valence electrons. The molecule has 6 heteroatoms. The molecule has 31 heavy (non-hydrogen) atoms. The zero-order chi connectivity index (χ0) is 22.2. The maximum atomic E-state index is 12.9. The van der Waals surface area contributed by atoms with Crippen molar-refractivity contribution in [2.75, 3.05) is 12.8 Å². The van der Waals surface area contributed by atoms with Gasteiger partial charge in [0.05, 0.1) is 12.8 Å². The lowest BCUT2D eigenvalue weighted by Gasteiger charge is -2.19. The van der Waals surface area contributed by atoms with Crippen LogP contribution >= 0.6 is 11.3 Å². The number of carbonyl (C=O) groups is 1. The van der Waals surface area contributed by atoms with E-state index in [1.54, 1.807) is 19.2 Å². The minimum absolute atomic E-state index is 0.168. The molecule has 5 nitrogen and oxygen atoms in total. The number of methoxy groups -OCH3 is 1. The van der Waals surface area contributed by atoms with E-state index in [9.17, 15) is 4.79 Å². The fraction of sp³-hybridized carbons (Fsp3) is 0.200. The fourth-order valence-corrected chi connectivity index (χ4v) is 4.29. The number of anilines is 1. The van der Waals surface area contributed by atoms with Crippen molar-refractivity contribution in [3.05, 3.63) is 71.2 Å². The van der Waals surface area contributed by atoms with Gasteiger partial charge in [-0.05, 0) is 41.5 Å². The maximum Gasteiger partial charge on any atom is 0.355 e. The average molecular weight is 433 g/mol. The van der Waals surface area contributed by atoms with Crippen molar-refractivity contribution in [2.45, 2.75) is 26.2 Å². The van der Waals surface area contributed by atoms with Crippen molar-refractivity contribution in [2.24, 2.45) is 0 Å². The van der Waals surface area contributed by atoms with Crippen LogP contribution in [0.2, 0.25) is 0 Å². The summed E-state index contributed by atoms with van der Waals surface area (Å²) in [4.78, 5) is 18.8. The second kappa shape index (κ2) is 8.04. The van der Waals surface area contributed by atoms with Gasteiger partial charge in [-0.3, -0.25) is 0 Å². The summed E-state index contributed by atoms with van der Waals surface area (Å²) in [5.74, 6) is 0.767. The van der Waals surface area contributed by atoms with E-state index in [1.807, 2.05) is 42.5 Å². The minimum Gasteiger partial charge on any atom is -0.497 e. The molecule has 2 heterocycles. The lowest BCUT2D eigenvalue weighted by molar-refractivity contribution is 0.0741. The number of rotatable bonds is 4. The minimum atomic E-state index is -0.482. The number of nitrogen functional groups attached to an aromatic ring is 1. The van der Waals surface area contributed by atoms with Crippen LogP contribution in [-0.4, -0.2) is 18.1 Å². The number of ether oxygens (including phenoxy) is 2. The standard InChI is InChI=1S/C25H24N2O3S/c1-25(2,3)19-14-18(15-10-12-16(29-4)13-11-15)20-21(26)22(31-23(20)27-19)24(28)30-17-8-6-5-7-9-17/h5-14H,26H2,1-4H3. The molecule has 0 aliphatic rings. The first-order valence-corrected chi connectivity index (χ1v) is 10.7. The Morgan fingerprint density at radius 3 is 2.29 bits per heavy atom. The monoisotopic (exact) mass is 432 g/mol. The van der Waals surface area contributed by atoms with Gasteiger partial charge in [-0.15, -0.1) is 11.3 Å². The molecule has 0 bridgehead atoms. The molecular formula is C25H24N2O3S. The van der Waals surface area contributed by atoms with Gasteiger partial charge in [0.15, 0.2) is 0 Å². The molecule has 2 N–H and O–H groups in total. The summed E-state index contributed by atoms with van der Waals surface area (Å²) in [5.41, 5.74) is 9.55. The molecule has 0 spiro atoms. The second-order valence-electron chi connectivity index (χ2n) is 8.26. The van der Waals surface area contributed by atoms with Crippen molar-refractivity contribution in [1.82, 2.24) is 4.98 Å². The quantitative estimate of drug-likeness (QED) is 0.313. The van der Waals surface area contributed by atoms with Gasteiger partial charge in [-0.1, -0.05) is 51.1 Å². The van der Waals surface area contributed by atoms with E-state index in [2.05, 4.69) is 26.8 Å². The highest BCUT2D eigenvalue weighted by Crippen LogP contribution is 2.42. The summed E-state index contributed by atoms with van der Waals surface area (Å²) >= 11 is 1.26. The van der Waals surface area contributed by atoms with E-state index < -0.39 is 5.97 Å². The van der Waals surface area contributed by atoms with Gasteiger partial charge in [-0.25, -0.2) is 9.78 Å². The summed E-state index contributed by atoms with van der Waals surface area (Å²) in [6.07, 6.45) is 0. The summed E-state index contributed by atoms with van der Waals surface area (Å²) < 4.78 is 10.8. The van der Waals surface area contributed by atoms with E-state index in [-0.39, 0.29) is 5.41 Å². The zero-order valence-corrected chi connectivity index (χ0v) is 18.7. The van der Waals surface area contributed by atoms with Crippen LogP contribution in [0.25, 0.3) is 21.3 Å². The maximum absolute atomic E-state index is 12.9. The number of pyridine rings is 1. The number of para-hydroxylation sites is 1. The summed E-state index contributed by atoms with van der Waals surface area (Å²) in [6, 6.07) is 18.8. The number of thiophene rings is 1. The van der Waals surface area contributed by atoms with Crippen molar-refractivity contribution in [3.8, 4) is 22.6 Å². The molecule has 0 radical (unpaired) electrons. The van der Waals surface area contributed by atoms with Crippen LogP contribution in [0.15, 0.2) is 60.7 Å². The fourth-order valence-electron chi connectivity index (χ4n) is 3.30. The highest BCUT2D eigenvalue weighted by Gasteiger charge is 2.25. The first-order chi connectivity index (χ1) is 14.8. The molecule has 4 rings (SSSR count). The van der Waals surface area contributed by atoms with E-state index in [4.69, 9.17) is 20.2 Å². The number of nitrogens with two attached hydrogens (primary N) is 1. The molecule has 0 aliphatic carbocycles. The summed E-state index contributed by atoms with van der Waals surface area (Å²) in [6.45, 7) is 6.33. The van der Waals surface area contributed by atoms with Crippen molar-refractivity contribution in [1.29, 1.82) is 0 Å². The third kappa shape index (κ3) is 4.11. The van der Waals surface area contributed by atoms with Gasteiger partial charge in [0.25, 0.3) is 0 Å². The molecule has 0 saturated heterocycles. The van der Waals surface area contributed by atoms with Gasteiger partial charge in [0, 0.05) is 16.5 Å². The normalized spacial score (nSPS) is 11.5. The predicted octanol–water partition coefficient (Wildman–Crippen LogP) is 6.07. The van der Waals surface area contributed by atoms with E-state index in [0.717, 1.165) is 32.8 Å². The Labute approximate surface area is 185 Å². The van der Waals surface area contributed by atoms with Crippen LogP contribution in [0.1, 0.15) is 36.1 Å². The van der Waals surface area contributed by atoms with Crippen molar-refractivity contribution < 1.29 is 14.3 Å². The van der Waals surface area contributed by atoms with E-state index in [0.29, 0.717) is 16.3 Å². The van der Waals surface area contributed by atoms with Crippen molar-refractivity contribution in [3.63, 3.8) is 0 Å². The molecule has 0 amide bonds. The zero-order valence-electron chi connectivity index (χ0n) is 17.9. The third-order valence-electron chi connectivity index (χ3n) is 5.01. The molecular weight excluding hydrogens is 408 g/mol. The molecule has 2 aromatic heterocycles. The first kappa shape index (κ1) is 20.9. The van der Waals surface area contributed by atoms with Gasteiger partial charge in [-0.2, -0.15) is 0 Å². The second-order valence-corrected chi connectivity index (χ2v) is 9.26. The Hall–Kier alpha value is -3.38. The molecule has 2 aromatic carbocycles. The van der Waals surface area contributed by atoms with Crippen LogP contribution < -0.4 is 15.2 Å². The number of hydrogen-bond donors (Lipinski definition) is 1. The Kier molecular flexibility index (Phi) is 5.41. The molecule has 0 unspecified atom stereocenters. The van der Waals surface area contributed by atoms with Gasteiger partial charge in [0.2, 0.25) is 0 Å². The smallest absolute Gasteiger partial charge is 0.355 e. The molecule has 0 saturated carbocycles. The highest BCUT2D eigenvalue weighted by atomic mass is 32.1. The summed E-state index contributed by atoms with van der Waals surface area (Å²) in [5, 5.41) is 0.767.